The second-order valence-electron chi connectivity index (χ2n) is 30.5. The Morgan fingerprint density at radius 2 is 0.225 bits per heavy atom. The van der Waals surface area contributed by atoms with E-state index in [9.17, 15) is 0 Å². The quantitative estimate of drug-likeness (QED) is 0.0570. The molecule has 0 bridgehead atoms. The van der Waals surface area contributed by atoms with Crippen LogP contribution in [0.15, 0.2) is 30.3 Å². The molecule has 0 nitrogen and oxygen atoms in total. The van der Waals surface area contributed by atoms with Crippen LogP contribution in [0.5, 0.6) is 0 Å². The monoisotopic (exact) mass is 1240 g/mol. The zero-order valence-electron chi connectivity index (χ0n) is 62.4. The van der Waals surface area contributed by atoms with E-state index in [2.05, 4.69) is 37.3 Å². The number of hydrogen-bond acceptors (Lipinski definition) is 0. The number of hydrogen-bond donors (Lipinski definition) is 0. The second-order valence-corrected chi connectivity index (χ2v) is 30.5. The Hall–Kier alpha value is -0.780. The van der Waals surface area contributed by atoms with Crippen molar-refractivity contribution in [1.29, 1.82) is 0 Å². The molecular formula is C89H172. The third-order valence-electron chi connectivity index (χ3n) is 21.4. The fourth-order valence-corrected chi connectivity index (χ4v) is 15.0. The van der Waals surface area contributed by atoms with E-state index < -0.39 is 0 Å². The van der Waals surface area contributed by atoms with E-state index in [4.69, 9.17) is 0 Å². The van der Waals surface area contributed by atoms with Crippen molar-refractivity contribution >= 4 is 0 Å². The van der Waals surface area contributed by atoms with Gasteiger partial charge in [0.15, 0.2) is 0 Å². The molecule has 0 aliphatic carbocycles. The van der Waals surface area contributed by atoms with Gasteiger partial charge in [0.25, 0.3) is 0 Å². The van der Waals surface area contributed by atoms with E-state index >= 15 is 0 Å². The van der Waals surface area contributed by atoms with Crippen LogP contribution in [0.1, 0.15) is 533 Å². The zero-order chi connectivity index (χ0) is 63.1. The Labute approximate surface area is 566 Å². The van der Waals surface area contributed by atoms with E-state index in [1.54, 1.807) is 0 Å². The van der Waals surface area contributed by atoms with Gasteiger partial charge in [-0.2, -0.15) is 0 Å². The second kappa shape index (κ2) is 81.5. The fraction of sp³-hybridized carbons (Fsp3) is 0.933. The van der Waals surface area contributed by atoms with Gasteiger partial charge < -0.3 is 0 Å². The van der Waals surface area contributed by atoms with Crippen LogP contribution < -0.4 is 0 Å². The highest BCUT2D eigenvalue weighted by Gasteiger charge is 2.03. The van der Waals surface area contributed by atoms with Crippen molar-refractivity contribution in [3.8, 4) is 0 Å². The molecule has 528 valence electrons. The lowest BCUT2D eigenvalue weighted by Crippen LogP contribution is -1.86. The third-order valence-corrected chi connectivity index (χ3v) is 21.4. The molecule has 0 aromatic heterocycles. The van der Waals surface area contributed by atoms with Crippen molar-refractivity contribution < 1.29 is 0 Å². The van der Waals surface area contributed by atoms with Crippen molar-refractivity contribution in [2.45, 2.75) is 533 Å². The number of aryl methyl sites for hydroxylation is 1. The van der Waals surface area contributed by atoms with Gasteiger partial charge in [-0.15, -0.1) is 0 Å². The van der Waals surface area contributed by atoms with Crippen LogP contribution in [0.2, 0.25) is 0 Å². The van der Waals surface area contributed by atoms with Crippen LogP contribution in [0, 0.1) is 0 Å². The Morgan fingerprint density at radius 1 is 0.124 bits per heavy atom. The minimum Gasteiger partial charge on any atom is -0.0654 e. The van der Waals surface area contributed by atoms with E-state index in [0.29, 0.717) is 0 Å². The first-order valence-corrected chi connectivity index (χ1v) is 43.5. The van der Waals surface area contributed by atoms with Crippen LogP contribution in [0.4, 0.5) is 0 Å². The van der Waals surface area contributed by atoms with Gasteiger partial charge >= 0.3 is 0 Å². The highest BCUT2D eigenvalue weighted by molar-refractivity contribution is 5.14. The first kappa shape index (κ1) is 86.2. The summed E-state index contributed by atoms with van der Waals surface area (Å²) in [6.07, 6.45) is 122. The van der Waals surface area contributed by atoms with Crippen LogP contribution in [-0.4, -0.2) is 0 Å². The summed E-state index contributed by atoms with van der Waals surface area (Å²) in [6.45, 7) is 2.32. The third kappa shape index (κ3) is 77.8. The molecular weight excluding hydrogens is 1070 g/mol. The van der Waals surface area contributed by atoms with Gasteiger partial charge in [-0.3, -0.25) is 0 Å². The lowest BCUT2D eigenvalue weighted by Gasteiger charge is -2.05. The minimum absolute atomic E-state index is 1.26. The first-order chi connectivity index (χ1) is 44.4. The van der Waals surface area contributed by atoms with Crippen molar-refractivity contribution in [1.82, 2.24) is 0 Å². The molecule has 89 heavy (non-hydrogen) atoms. The van der Waals surface area contributed by atoms with Gasteiger partial charge in [-0.25, -0.2) is 0 Å². The standard InChI is InChI=1S/C89H172/c1-2-3-4-5-6-7-8-9-10-11-12-13-14-15-16-17-18-19-20-21-22-23-24-25-26-27-28-29-30-31-32-33-34-35-36-37-38-39-40-41-42-43-44-45-46-47-48-49-50-51-52-53-54-55-56-57-58-59-60-61-62-63-64-65-66-67-68-69-70-71-72-73-74-75-76-77-78-79-80-81-83-86-89-87-84-82-85-88-89/h82,84-85,87-88H,2-81,83,86H2,1H3. The minimum atomic E-state index is 1.26. The van der Waals surface area contributed by atoms with Crippen LogP contribution in [0.25, 0.3) is 0 Å². The molecule has 0 radical (unpaired) electrons. The molecule has 0 aliphatic rings. The van der Waals surface area contributed by atoms with E-state index in [1.807, 2.05) is 0 Å². The molecule has 0 fully saturated rings. The Kier molecular flexibility index (Phi) is 78.9. The molecule has 0 unspecified atom stereocenters. The summed E-state index contributed by atoms with van der Waals surface area (Å²) in [5.41, 5.74) is 1.51. The Morgan fingerprint density at radius 3 is 0.337 bits per heavy atom. The molecule has 0 heteroatoms. The highest BCUT2D eigenvalue weighted by Crippen LogP contribution is 2.22. The predicted molar refractivity (Wildman–Crippen MR) is 410 cm³/mol. The summed E-state index contributed by atoms with van der Waals surface area (Å²) in [5, 5.41) is 0. The van der Waals surface area contributed by atoms with E-state index in [0.717, 1.165) is 0 Å². The van der Waals surface area contributed by atoms with Gasteiger partial charge in [0.05, 0.1) is 0 Å². The number of benzene rings is 1. The van der Waals surface area contributed by atoms with E-state index in [-0.39, 0.29) is 0 Å². The van der Waals surface area contributed by atoms with Crippen LogP contribution >= 0.6 is 0 Å². The smallest absolute Gasteiger partial charge is 0.0279 e. The molecule has 0 saturated carbocycles. The van der Waals surface area contributed by atoms with Crippen LogP contribution in [0.3, 0.4) is 0 Å². The maximum atomic E-state index is 2.32. The molecule has 0 aliphatic heterocycles. The SMILES string of the molecule is CCCCCCCCCCCCCCCCCCCCCCCCCCCCCCCCCCCCCCCCCCCCCCCCCCCCCCCCCCCCCCCCCCCCCCCCCCCCCCCCCCCc1ccccc1. The summed E-state index contributed by atoms with van der Waals surface area (Å²) >= 11 is 0. The Balaban J connectivity index is 1.58. The maximum Gasteiger partial charge on any atom is -0.0279 e. The van der Waals surface area contributed by atoms with E-state index in [1.165, 1.54) is 532 Å². The predicted octanol–water partition coefficient (Wildman–Crippen LogP) is 33.8. The normalized spacial score (nSPS) is 11.7. The number of rotatable bonds is 82. The zero-order valence-corrected chi connectivity index (χ0v) is 62.4. The van der Waals surface area contributed by atoms with Gasteiger partial charge in [0, 0.05) is 0 Å². The molecule has 0 N–H and O–H groups in total. The molecule has 1 aromatic carbocycles. The Bertz CT molecular complexity index is 1310. The first-order valence-electron chi connectivity index (χ1n) is 43.5. The molecule has 1 rings (SSSR count). The molecule has 0 atom stereocenters. The summed E-state index contributed by atoms with van der Waals surface area (Å²) in [7, 11) is 0. The summed E-state index contributed by atoms with van der Waals surface area (Å²) < 4.78 is 0. The lowest BCUT2D eigenvalue weighted by molar-refractivity contribution is 0.505. The molecule has 0 heterocycles. The van der Waals surface area contributed by atoms with Crippen molar-refractivity contribution in [3.63, 3.8) is 0 Å². The fourth-order valence-electron chi connectivity index (χ4n) is 15.0. The maximum absolute atomic E-state index is 2.32. The van der Waals surface area contributed by atoms with Crippen molar-refractivity contribution in [2.75, 3.05) is 0 Å². The average molecular weight is 1240 g/mol. The molecule has 0 saturated heterocycles. The van der Waals surface area contributed by atoms with Gasteiger partial charge in [0.1, 0.15) is 0 Å². The van der Waals surface area contributed by atoms with Gasteiger partial charge in [-0.1, -0.05) is 551 Å². The van der Waals surface area contributed by atoms with Crippen LogP contribution in [-0.2, 0) is 6.42 Å². The summed E-state index contributed by atoms with van der Waals surface area (Å²) in [5.74, 6) is 0. The molecule has 1 aromatic rings. The van der Waals surface area contributed by atoms with Crippen molar-refractivity contribution in [3.05, 3.63) is 35.9 Å². The summed E-state index contributed by atoms with van der Waals surface area (Å²) in [6, 6.07) is 11.0. The van der Waals surface area contributed by atoms with Gasteiger partial charge in [0.2, 0.25) is 0 Å². The van der Waals surface area contributed by atoms with Crippen molar-refractivity contribution in [2.24, 2.45) is 0 Å². The lowest BCUT2D eigenvalue weighted by atomic mass is 10.0. The molecule has 0 amide bonds. The largest absolute Gasteiger partial charge is 0.0654 e. The van der Waals surface area contributed by atoms with Gasteiger partial charge in [-0.05, 0) is 18.4 Å². The highest BCUT2D eigenvalue weighted by atomic mass is 14.1. The topological polar surface area (TPSA) is 0 Å². The average Bonchev–Trinajstić information content (AvgIpc) is 3.55. The summed E-state index contributed by atoms with van der Waals surface area (Å²) in [4.78, 5) is 0. The number of unbranched alkanes of at least 4 members (excludes halogenated alkanes) is 80. The molecule has 0 spiro atoms.